The van der Waals surface area contributed by atoms with Gasteiger partial charge < -0.3 is 80.1 Å². The highest BCUT2D eigenvalue weighted by Gasteiger charge is 2.38. The molecule has 0 aliphatic carbocycles. The van der Waals surface area contributed by atoms with E-state index in [0.717, 1.165) is 0 Å². The first-order valence-corrected chi connectivity index (χ1v) is 25.0. The van der Waals surface area contributed by atoms with Gasteiger partial charge in [-0.15, -0.1) is 11.6 Å². The molecule has 410 valence electrons. The number of hydrogen-bond acceptors (Lipinski definition) is 14. The van der Waals surface area contributed by atoms with Gasteiger partial charge in [0, 0.05) is 80.6 Å². The Balaban J connectivity index is 1.10. The summed E-state index contributed by atoms with van der Waals surface area (Å²) in [5.41, 5.74) is 8.38. The van der Waals surface area contributed by atoms with Gasteiger partial charge in [0.05, 0.1) is 51.2 Å². The van der Waals surface area contributed by atoms with Crippen molar-refractivity contribution in [3.05, 3.63) is 71.0 Å². The standard InChI is InChI=1S/C52H67ClN10O13/c1-27(2)41(56-28(3)4)47(65)60-34(12-11-17-55-50(54)68)46(64)57-32-15-13-29(14-16-32)26-75-51(69)61(5)18-19-62(6)52(70)76-38-23-37-40(33-22-36(49(67)74-10)59-43(33)38)31(24-53)25-63(37)48(66)35-20-30-21-39(71-7)44(72-8)45(73-9)42(30)58-35/h13-16,20-23,27-28,31,34,41,56,58-59H,11-12,17-19,24-26H2,1-10H3,(H,57,64)(H,60,65)(H3,54,55,68)/t31-,34?,41+/m1/s1. The number of rotatable bonds is 23. The summed E-state index contributed by atoms with van der Waals surface area (Å²) >= 11 is 6.55. The Morgan fingerprint density at radius 1 is 0.816 bits per heavy atom. The van der Waals surface area contributed by atoms with Crippen molar-refractivity contribution in [2.75, 3.05) is 84.8 Å². The molecular weight excluding hydrogens is 1010 g/mol. The maximum absolute atomic E-state index is 14.5. The van der Waals surface area contributed by atoms with Gasteiger partial charge in [-0.3, -0.25) is 14.4 Å². The van der Waals surface area contributed by atoms with Crippen LogP contribution in [0.1, 0.15) is 78.6 Å². The van der Waals surface area contributed by atoms with E-state index in [4.69, 9.17) is 45.8 Å². The molecule has 3 atom stereocenters. The van der Waals surface area contributed by atoms with Crippen molar-refractivity contribution in [3.8, 4) is 23.0 Å². The number of nitrogens with zero attached hydrogens (tertiary/aromatic N) is 3. The van der Waals surface area contributed by atoms with E-state index in [1.807, 2.05) is 27.7 Å². The number of carbonyl (C=O) groups excluding carboxylic acids is 7. The van der Waals surface area contributed by atoms with Crippen molar-refractivity contribution in [2.24, 2.45) is 11.7 Å². The molecule has 8 N–H and O–H groups in total. The van der Waals surface area contributed by atoms with Gasteiger partial charge in [0.15, 0.2) is 17.2 Å². The maximum Gasteiger partial charge on any atom is 0.415 e. The summed E-state index contributed by atoms with van der Waals surface area (Å²) in [4.78, 5) is 102. The molecule has 3 aromatic carbocycles. The number of H-pyrrole nitrogens is 2. The summed E-state index contributed by atoms with van der Waals surface area (Å²) in [6, 6.07) is 11.0. The molecule has 5 aromatic rings. The SMILES string of the molecule is COC(=O)c1cc2c3c(cc(OC(=O)N(C)CCN(C)C(=O)OCc4ccc(NC(=O)C(CCCNC(N)=O)NC(=O)[C@@H](NC(C)C)C(C)C)cc4)c2[nH]1)N(C(=O)c1cc2cc(OC)c(OC)c(OC)c2[nH]1)C[C@H]3CCl. The summed E-state index contributed by atoms with van der Waals surface area (Å²) in [6.45, 7) is 7.99. The molecule has 76 heavy (non-hydrogen) atoms. The fraction of sp³-hybridized carbons (Fsp3) is 0.442. The third-order valence-corrected chi connectivity index (χ3v) is 13.1. The van der Waals surface area contributed by atoms with Gasteiger partial charge in [-0.25, -0.2) is 19.2 Å². The number of halogens is 1. The van der Waals surface area contributed by atoms with Crippen molar-refractivity contribution in [1.29, 1.82) is 0 Å². The van der Waals surface area contributed by atoms with Crippen LogP contribution in [0.5, 0.6) is 23.0 Å². The number of carbonyl (C=O) groups is 7. The van der Waals surface area contributed by atoms with Gasteiger partial charge in [0.1, 0.15) is 24.0 Å². The highest BCUT2D eigenvalue weighted by Crippen LogP contribution is 2.47. The Hall–Kier alpha value is -7.92. The first kappa shape index (κ1) is 57.4. The number of nitrogens with one attached hydrogen (secondary N) is 6. The molecule has 0 saturated carbocycles. The third kappa shape index (κ3) is 13.3. The second kappa shape index (κ2) is 25.5. The minimum Gasteiger partial charge on any atom is -0.493 e. The van der Waals surface area contributed by atoms with Crippen LogP contribution in [0.25, 0.3) is 21.8 Å². The predicted molar refractivity (Wildman–Crippen MR) is 285 cm³/mol. The lowest BCUT2D eigenvalue weighted by Gasteiger charge is -2.27. The number of alkyl halides is 1. The molecular formula is C52H67ClN10O13. The smallest absolute Gasteiger partial charge is 0.415 e. The van der Waals surface area contributed by atoms with E-state index in [1.54, 1.807) is 48.5 Å². The maximum atomic E-state index is 14.5. The molecule has 23 nitrogen and oxygen atoms in total. The van der Waals surface area contributed by atoms with Crippen LogP contribution in [0.15, 0.2) is 48.5 Å². The Morgan fingerprint density at radius 3 is 2.09 bits per heavy atom. The Bertz CT molecular complexity index is 2940. The number of amides is 7. The summed E-state index contributed by atoms with van der Waals surface area (Å²) < 4.78 is 33.2. The predicted octanol–water partition coefficient (Wildman–Crippen LogP) is 6.04. The number of esters is 1. The van der Waals surface area contributed by atoms with Gasteiger partial charge >= 0.3 is 24.2 Å². The number of primary amides is 1. The van der Waals surface area contributed by atoms with Crippen molar-refractivity contribution < 1.29 is 62.0 Å². The number of methoxy groups -OCH3 is 4. The normalized spacial score (nSPS) is 13.7. The summed E-state index contributed by atoms with van der Waals surface area (Å²) in [6.07, 6.45) is -0.888. The van der Waals surface area contributed by atoms with Gasteiger partial charge in [-0.1, -0.05) is 39.8 Å². The van der Waals surface area contributed by atoms with Gasteiger partial charge in [0.25, 0.3) is 5.91 Å². The van der Waals surface area contributed by atoms with Gasteiger partial charge in [-0.2, -0.15) is 0 Å². The van der Waals surface area contributed by atoms with Crippen molar-refractivity contribution >= 4 is 86.7 Å². The lowest BCUT2D eigenvalue weighted by molar-refractivity contribution is -0.129. The molecule has 0 fully saturated rings. The van der Waals surface area contributed by atoms with Crippen LogP contribution in [0.2, 0.25) is 0 Å². The minimum atomic E-state index is -0.919. The summed E-state index contributed by atoms with van der Waals surface area (Å²) in [7, 11) is 8.68. The van der Waals surface area contributed by atoms with Crippen LogP contribution in [-0.2, 0) is 25.7 Å². The van der Waals surface area contributed by atoms with E-state index in [-0.39, 0.29) is 86.0 Å². The molecule has 24 heteroatoms. The number of ether oxygens (including phenoxy) is 6. The molecule has 1 unspecified atom stereocenters. The van der Waals surface area contributed by atoms with Gasteiger partial charge in [0.2, 0.25) is 17.6 Å². The Kier molecular flexibility index (Phi) is 19.3. The van der Waals surface area contributed by atoms with Crippen LogP contribution >= 0.6 is 11.6 Å². The zero-order chi connectivity index (χ0) is 55.5. The minimum absolute atomic E-state index is 0.00976. The molecule has 0 saturated heterocycles. The number of hydrogen-bond donors (Lipinski definition) is 7. The van der Waals surface area contributed by atoms with Crippen LogP contribution in [0.3, 0.4) is 0 Å². The first-order chi connectivity index (χ1) is 36.2. The van der Waals surface area contributed by atoms with Crippen LogP contribution in [-0.4, -0.2) is 154 Å². The van der Waals surface area contributed by atoms with Gasteiger partial charge in [-0.05, 0) is 60.2 Å². The van der Waals surface area contributed by atoms with Crippen molar-refractivity contribution in [3.63, 3.8) is 0 Å². The zero-order valence-electron chi connectivity index (χ0n) is 44.3. The Labute approximate surface area is 444 Å². The Morgan fingerprint density at radius 2 is 1.49 bits per heavy atom. The highest BCUT2D eigenvalue weighted by molar-refractivity contribution is 6.19. The van der Waals surface area contributed by atoms with Crippen LogP contribution in [0.4, 0.5) is 25.8 Å². The van der Waals surface area contributed by atoms with E-state index in [1.165, 1.54) is 57.2 Å². The largest absolute Gasteiger partial charge is 0.493 e. The van der Waals surface area contributed by atoms with E-state index < -0.39 is 48.1 Å². The number of aromatic nitrogens is 2. The van der Waals surface area contributed by atoms with Crippen LogP contribution < -0.4 is 50.8 Å². The number of anilines is 2. The third-order valence-electron chi connectivity index (χ3n) is 12.7. The summed E-state index contributed by atoms with van der Waals surface area (Å²) in [5, 5.41) is 12.5. The molecule has 0 spiro atoms. The highest BCUT2D eigenvalue weighted by atomic mass is 35.5. The number of likely N-dealkylation sites (N-methyl/N-ethyl adjacent to an activating group) is 2. The number of benzene rings is 3. The first-order valence-electron chi connectivity index (χ1n) is 24.5. The monoisotopic (exact) mass is 1070 g/mol. The molecule has 7 amide bonds. The topological polar surface area (TPSA) is 290 Å². The number of fused-ring (bicyclic) bond motifs is 4. The molecule has 0 radical (unpaired) electrons. The second-order valence-corrected chi connectivity index (χ2v) is 19.1. The molecule has 6 rings (SSSR count). The van der Waals surface area contributed by atoms with Crippen molar-refractivity contribution in [1.82, 2.24) is 35.7 Å². The zero-order valence-corrected chi connectivity index (χ0v) is 45.0. The lowest BCUT2D eigenvalue weighted by atomic mass is 9.98. The molecule has 1 aliphatic rings. The van der Waals surface area contributed by atoms with Crippen molar-refractivity contribution in [2.45, 2.75) is 71.2 Å². The number of urea groups is 1. The average Bonchev–Trinajstić information content (AvgIpc) is 4.22. The molecule has 1 aliphatic heterocycles. The van der Waals surface area contributed by atoms with Crippen LogP contribution in [0, 0.1) is 5.92 Å². The fourth-order valence-corrected chi connectivity index (χ4v) is 9.01. The average molecular weight is 1080 g/mol. The van der Waals surface area contributed by atoms with E-state index in [0.29, 0.717) is 68.0 Å². The lowest BCUT2D eigenvalue weighted by Crippen LogP contribution is -2.54. The second-order valence-electron chi connectivity index (χ2n) is 18.8. The number of aromatic amines is 2. The summed E-state index contributed by atoms with van der Waals surface area (Å²) in [5.74, 6) is -1.12. The van der Waals surface area contributed by atoms with E-state index in [2.05, 4.69) is 31.2 Å². The quantitative estimate of drug-likeness (QED) is 0.0223. The molecule has 2 aromatic heterocycles. The van der Waals surface area contributed by atoms with E-state index >= 15 is 0 Å². The molecule has 0 bridgehead atoms. The molecule has 3 heterocycles. The number of nitrogens with two attached hydrogens (primary N) is 1. The van der Waals surface area contributed by atoms with E-state index in [9.17, 15) is 33.6 Å². The fourth-order valence-electron chi connectivity index (χ4n) is 8.76.